The summed E-state index contributed by atoms with van der Waals surface area (Å²) in [7, 11) is 0. The number of hydrogen-bond donors (Lipinski definition) is 0. The van der Waals surface area contributed by atoms with Crippen LogP contribution in [0.5, 0.6) is 0 Å². The maximum absolute atomic E-state index is 12.0. The Morgan fingerprint density at radius 2 is 2.07 bits per heavy atom. The van der Waals surface area contributed by atoms with Crippen molar-refractivity contribution >= 4 is 23.3 Å². The molecule has 27 heavy (non-hydrogen) atoms. The number of aromatic nitrogens is 1. The second kappa shape index (κ2) is 7.89. The first-order valence-corrected chi connectivity index (χ1v) is 10.2. The number of carbonyl (C=O) groups is 1. The van der Waals surface area contributed by atoms with Gasteiger partial charge >= 0.3 is 6.09 Å². The number of alkyl halides is 1. The number of rotatable bonds is 1. The maximum atomic E-state index is 12.0. The minimum absolute atomic E-state index is 0.0785. The van der Waals surface area contributed by atoms with Gasteiger partial charge in [0, 0.05) is 24.9 Å². The van der Waals surface area contributed by atoms with Crippen molar-refractivity contribution < 1.29 is 9.53 Å². The lowest BCUT2D eigenvalue weighted by Gasteiger charge is -2.30. The first-order chi connectivity index (χ1) is 13.2. The van der Waals surface area contributed by atoms with E-state index in [4.69, 9.17) is 21.3 Å². The molecule has 1 fully saturated rings. The molecule has 1 unspecified atom stereocenters. The number of aryl methyl sites for hydroxylation is 1. The molecule has 0 aromatic carbocycles. The van der Waals surface area contributed by atoms with E-state index in [-0.39, 0.29) is 11.5 Å². The van der Waals surface area contributed by atoms with E-state index in [1.165, 1.54) is 27.9 Å². The van der Waals surface area contributed by atoms with Crippen LogP contribution in [0.4, 0.5) is 4.79 Å². The van der Waals surface area contributed by atoms with E-state index in [0.29, 0.717) is 19.7 Å². The van der Waals surface area contributed by atoms with Crippen molar-refractivity contribution in [3.8, 4) is 0 Å². The third-order valence-corrected chi connectivity index (χ3v) is 5.93. The summed E-state index contributed by atoms with van der Waals surface area (Å²) in [6.07, 6.45) is 10.6. The van der Waals surface area contributed by atoms with Crippen LogP contribution in [0.1, 0.15) is 43.9 Å². The van der Waals surface area contributed by atoms with Crippen LogP contribution >= 0.6 is 11.6 Å². The molecule has 4 rings (SSSR count). The lowest BCUT2D eigenvalue weighted by atomic mass is 9.85. The second-order valence-corrected chi connectivity index (χ2v) is 7.83. The molecule has 1 amide bonds. The van der Waals surface area contributed by atoms with Gasteiger partial charge in [-0.25, -0.2) is 4.79 Å². The lowest BCUT2D eigenvalue weighted by molar-refractivity contribution is 0.104. The number of ether oxygens (including phenoxy) is 1. The molecule has 0 saturated carbocycles. The molecule has 1 aromatic heterocycles. The van der Waals surface area contributed by atoms with E-state index in [1.54, 1.807) is 0 Å². The van der Waals surface area contributed by atoms with Gasteiger partial charge in [0.25, 0.3) is 0 Å². The number of carbonyl (C=O) groups excluding carboxylic acids is 1. The van der Waals surface area contributed by atoms with E-state index in [2.05, 4.69) is 18.2 Å². The zero-order valence-electron chi connectivity index (χ0n) is 15.7. The summed E-state index contributed by atoms with van der Waals surface area (Å²) in [4.78, 5) is 18.6. The Kier molecular flexibility index (Phi) is 5.35. The van der Waals surface area contributed by atoms with Gasteiger partial charge in [-0.1, -0.05) is 29.4 Å². The summed E-state index contributed by atoms with van der Waals surface area (Å²) in [5.74, 6) is 0. The molecule has 1 saturated heterocycles. The number of hydrogen-bond acceptors (Lipinski definition) is 3. The van der Waals surface area contributed by atoms with E-state index in [9.17, 15) is 4.79 Å². The molecule has 1 aliphatic heterocycles. The van der Waals surface area contributed by atoms with Gasteiger partial charge in [0.05, 0.1) is 17.7 Å². The molecule has 4 nitrogen and oxygen atoms in total. The molecule has 142 valence electrons. The Morgan fingerprint density at radius 1 is 1.26 bits per heavy atom. The number of amides is 1. The first-order valence-electron chi connectivity index (χ1n) is 9.80. The van der Waals surface area contributed by atoms with Crippen molar-refractivity contribution in [2.24, 2.45) is 0 Å². The van der Waals surface area contributed by atoms with E-state index in [0.717, 1.165) is 37.8 Å². The number of pyridine rings is 1. The molecule has 0 bridgehead atoms. The Hall–Kier alpha value is -2.07. The van der Waals surface area contributed by atoms with Gasteiger partial charge < -0.3 is 9.64 Å². The fourth-order valence-electron chi connectivity index (χ4n) is 4.29. The average molecular weight is 385 g/mol. The van der Waals surface area contributed by atoms with Crippen molar-refractivity contribution in [1.29, 1.82) is 0 Å². The minimum Gasteiger partial charge on any atom is -0.450 e. The zero-order chi connectivity index (χ0) is 18.8. The molecule has 1 atom stereocenters. The lowest BCUT2D eigenvalue weighted by Crippen LogP contribution is -2.37. The molecular weight excluding hydrogens is 360 g/mol. The summed E-state index contributed by atoms with van der Waals surface area (Å²) in [6.45, 7) is 3.66. The highest BCUT2D eigenvalue weighted by atomic mass is 35.5. The normalized spacial score (nSPS) is 22.3. The Balaban J connectivity index is 1.72. The molecule has 2 heterocycles. The summed E-state index contributed by atoms with van der Waals surface area (Å²) in [6, 6.07) is 4.21. The third kappa shape index (κ3) is 3.68. The molecule has 0 radical (unpaired) electrons. The van der Waals surface area contributed by atoms with Crippen LogP contribution in [0.15, 0.2) is 47.2 Å². The summed E-state index contributed by atoms with van der Waals surface area (Å²) in [5, 5.41) is 0.0785. The second-order valence-electron chi connectivity index (χ2n) is 7.27. The van der Waals surface area contributed by atoms with Crippen molar-refractivity contribution in [2.45, 2.75) is 44.4 Å². The van der Waals surface area contributed by atoms with Gasteiger partial charge in [0.2, 0.25) is 0 Å². The van der Waals surface area contributed by atoms with Crippen LogP contribution < -0.4 is 0 Å². The van der Waals surface area contributed by atoms with Crippen molar-refractivity contribution in [1.82, 2.24) is 9.88 Å². The number of halogens is 1. The van der Waals surface area contributed by atoms with Gasteiger partial charge in [0.1, 0.15) is 0 Å². The molecule has 3 aliphatic rings. The maximum Gasteiger partial charge on any atom is 0.409 e. The number of allylic oxidation sites excluding steroid dienone is 5. The smallest absolute Gasteiger partial charge is 0.409 e. The predicted octanol–water partition coefficient (Wildman–Crippen LogP) is 4.90. The predicted molar refractivity (Wildman–Crippen MR) is 108 cm³/mol. The van der Waals surface area contributed by atoms with Crippen molar-refractivity contribution in [3.05, 3.63) is 58.5 Å². The Bertz CT molecular complexity index is 830. The van der Waals surface area contributed by atoms with Gasteiger partial charge in [0.15, 0.2) is 0 Å². The summed E-state index contributed by atoms with van der Waals surface area (Å²) in [5.41, 5.74) is 7.83. The number of likely N-dealkylation sites (tertiary alicyclic amines) is 1. The standard InChI is InChI=1S/C22H25ClN2O2/c1-2-27-22(26)25-12-9-15(10-13-25)20-19-8-7-18(23)14-17(19)6-5-16-4-3-11-24-21(16)20/h3-4,7-8,11,18H,2,5-6,9-10,12-14H2,1H3. The highest BCUT2D eigenvalue weighted by Crippen LogP contribution is 2.42. The minimum atomic E-state index is -0.205. The van der Waals surface area contributed by atoms with Crippen LogP contribution in [-0.4, -0.2) is 41.1 Å². The largest absolute Gasteiger partial charge is 0.450 e. The summed E-state index contributed by atoms with van der Waals surface area (Å²) < 4.78 is 5.16. The molecule has 2 aliphatic carbocycles. The van der Waals surface area contributed by atoms with E-state index < -0.39 is 0 Å². The average Bonchev–Trinajstić information content (AvgIpc) is 2.85. The van der Waals surface area contributed by atoms with Gasteiger partial charge in [-0.05, 0) is 56.2 Å². The van der Waals surface area contributed by atoms with Crippen molar-refractivity contribution in [2.75, 3.05) is 19.7 Å². The van der Waals surface area contributed by atoms with E-state index >= 15 is 0 Å². The number of piperidine rings is 1. The summed E-state index contributed by atoms with van der Waals surface area (Å²) >= 11 is 6.41. The van der Waals surface area contributed by atoms with Crippen LogP contribution in [0, 0.1) is 0 Å². The van der Waals surface area contributed by atoms with Gasteiger partial charge in [-0.3, -0.25) is 4.98 Å². The zero-order valence-corrected chi connectivity index (χ0v) is 16.5. The molecule has 0 N–H and O–H groups in total. The van der Waals surface area contributed by atoms with E-state index in [1.807, 2.05) is 24.1 Å². The molecule has 5 heteroatoms. The fraction of sp³-hybridized carbons (Fsp3) is 0.455. The number of nitrogens with zero attached hydrogens (tertiary/aromatic N) is 2. The van der Waals surface area contributed by atoms with Gasteiger partial charge in [-0.2, -0.15) is 0 Å². The topological polar surface area (TPSA) is 42.4 Å². The fourth-order valence-corrected chi connectivity index (χ4v) is 4.55. The van der Waals surface area contributed by atoms with Crippen molar-refractivity contribution in [3.63, 3.8) is 0 Å². The highest BCUT2D eigenvalue weighted by Gasteiger charge is 2.28. The molecular formula is C22H25ClN2O2. The monoisotopic (exact) mass is 384 g/mol. The highest BCUT2D eigenvalue weighted by molar-refractivity contribution is 6.22. The van der Waals surface area contributed by atoms with Crippen LogP contribution in [0.3, 0.4) is 0 Å². The quantitative estimate of drug-likeness (QED) is 0.647. The van der Waals surface area contributed by atoms with Gasteiger partial charge in [-0.15, -0.1) is 11.6 Å². The Labute approximate surface area is 165 Å². The van der Waals surface area contributed by atoms with Crippen LogP contribution in [0.25, 0.3) is 5.57 Å². The Morgan fingerprint density at radius 3 is 2.85 bits per heavy atom. The SMILES string of the molecule is CCOC(=O)N1CCC(=C2C3=C(CCc4cccnc42)CC(Cl)C=C3)CC1. The first kappa shape index (κ1) is 18.3. The van der Waals surface area contributed by atoms with Crippen LogP contribution in [-0.2, 0) is 11.2 Å². The molecule has 1 aromatic rings. The third-order valence-electron chi connectivity index (χ3n) is 5.63. The van der Waals surface area contributed by atoms with Crippen LogP contribution in [0.2, 0.25) is 0 Å². The number of fused-ring (bicyclic) bond motifs is 1. The molecule has 0 spiro atoms.